The number of carboxylic acids is 1. The molecular formula is C15H14N2O4. The SMILES string of the molecule is O=C(O)Cc1ccccc1CNC(=O)c1ccc(=O)[nH]c1. The molecule has 2 rings (SSSR count). The third-order valence-electron chi connectivity index (χ3n) is 2.95. The summed E-state index contributed by atoms with van der Waals surface area (Å²) in [6.07, 6.45) is 1.24. The fraction of sp³-hybridized carbons (Fsp3) is 0.133. The maximum absolute atomic E-state index is 11.9. The Kier molecular flexibility index (Phi) is 4.50. The van der Waals surface area contributed by atoms with Gasteiger partial charge in [-0.05, 0) is 17.2 Å². The highest BCUT2D eigenvalue weighted by atomic mass is 16.4. The van der Waals surface area contributed by atoms with Gasteiger partial charge in [0.2, 0.25) is 5.56 Å². The van der Waals surface area contributed by atoms with E-state index < -0.39 is 5.97 Å². The molecule has 1 amide bonds. The molecule has 3 N–H and O–H groups in total. The summed E-state index contributed by atoms with van der Waals surface area (Å²) in [5.74, 6) is -1.26. The zero-order chi connectivity index (χ0) is 15.2. The Hall–Kier alpha value is -2.89. The van der Waals surface area contributed by atoms with E-state index in [0.717, 1.165) is 5.56 Å². The number of aromatic amines is 1. The summed E-state index contributed by atoms with van der Waals surface area (Å²) in [5, 5.41) is 11.5. The first-order valence-corrected chi connectivity index (χ1v) is 6.32. The molecule has 1 aromatic heterocycles. The zero-order valence-electron chi connectivity index (χ0n) is 11.1. The van der Waals surface area contributed by atoms with Crippen molar-refractivity contribution in [1.29, 1.82) is 0 Å². The summed E-state index contributed by atoms with van der Waals surface area (Å²) in [5.41, 5.74) is 1.47. The van der Waals surface area contributed by atoms with Gasteiger partial charge in [-0.25, -0.2) is 0 Å². The van der Waals surface area contributed by atoms with Crippen LogP contribution < -0.4 is 10.9 Å². The lowest BCUT2D eigenvalue weighted by Gasteiger charge is -2.09. The number of nitrogens with one attached hydrogen (secondary N) is 2. The van der Waals surface area contributed by atoms with Gasteiger partial charge in [-0.1, -0.05) is 24.3 Å². The lowest BCUT2D eigenvalue weighted by Crippen LogP contribution is -2.24. The molecular weight excluding hydrogens is 272 g/mol. The largest absolute Gasteiger partial charge is 0.481 e. The normalized spacial score (nSPS) is 10.1. The van der Waals surface area contributed by atoms with E-state index in [4.69, 9.17) is 5.11 Å². The number of aromatic nitrogens is 1. The summed E-state index contributed by atoms with van der Waals surface area (Å²) in [6.45, 7) is 0.224. The van der Waals surface area contributed by atoms with Gasteiger partial charge in [0.15, 0.2) is 0 Å². The predicted octanol–water partition coefficient (Wildman–Crippen LogP) is 0.932. The smallest absolute Gasteiger partial charge is 0.307 e. The van der Waals surface area contributed by atoms with Gasteiger partial charge in [-0.2, -0.15) is 0 Å². The van der Waals surface area contributed by atoms with Crippen LogP contribution in [-0.2, 0) is 17.8 Å². The van der Waals surface area contributed by atoms with Gasteiger partial charge in [-0.3, -0.25) is 14.4 Å². The van der Waals surface area contributed by atoms with E-state index in [2.05, 4.69) is 10.3 Å². The van der Waals surface area contributed by atoms with Crippen molar-refractivity contribution in [3.05, 3.63) is 69.6 Å². The number of hydrogen-bond acceptors (Lipinski definition) is 3. The maximum atomic E-state index is 11.9. The van der Waals surface area contributed by atoms with Crippen LogP contribution in [0, 0.1) is 0 Å². The molecule has 2 aromatic rings. The molecule has 0 bridgehead atoms. The number of amides is 1. The van der Waals surface area contributed by atoms with Crippen molar-refractivity contribution in [3.63, 3.8) is 0 Å². The third kappa shape index (κ3) is 4.04. The van der Waals surface area contributed by atoms with Crippen molar-refractivity contribution in [2.75, 3.05) is 0 Å². The van der Waals surface area contributed by atoms with Crippen LogP contribution in [0.15, 0.2) is 47.4 Å². The second kappa shape index (κ2) is 6.51. The Morgan fingerprint density at radius 1 is 1.10 bits per heavy atom. The second-order valence-electron chi connectivity index (χ2n) is 4.46. The zero-order valence-corrected chi connectivity index (χ0v) is 11.1. The molecule has 0 aliphatic heterocycles. The van der Waals surface area contributed by atoms with Gasteiger partial charge >= 0.3 is 5.97 Å². The molecule has 0 aliphatic rings. The van der Waals surface area contributed by atoms with Crippen LogP contribution in [0.5, 0.6) is 0 Å². The molecule has 0 saturated heterocycles. The molecule has 1 heterocycles. The van der Waals surface area contributed by atoms with Gasteiger partial charge in [0.05, 0.1) is 12.0 Å². The van der Waals surface area contributed by atoms with Crippen molar-refractivity contribution < 1.29 is 14.7 Å². The van der Waals surface area contributed by atoms with E-state index in [1.807, 2.05) is 0 Å². The van der Waals surface area contributed by atoms with Crippen LogP contribution in [0.1, 0.15) is 21.5 Å². The van der Waals surface area contributed by atoms with Crippen molar-refractivity contribution >= 4 is 11.9 Å². The van der Waals surface area contributed by atoms with Crippen LogP contribution in [0.25, 0.3) is 0 Å². The second-order valence-corrected chi connectivity index (χ2v) is 4.46. The summed E-state index contributed by atoms with van der Waals surface area (Å²) in [7, 11) is 0. The average Bonchev–Trinajstić information content (AvgIpc) is 2.46. The van der Waals surface area contributed by atoms with E-state index in [1.165, 1.54) is 18.3 Å². The molecule has 6 heteroatoms. The molecule has 0 saturated carbocycles. The topological polar surface area (TPSA) is 99.3 Å². The molecule has 0 unspecified atom stereocenters. The van der Waals surface area contributed by atoms with Crippen LogP contribution in [-0.4, -0.2) is 22.0 Å². The minimum Gasteiger partial charge on any atom is -0.481 e. The molecule has 6 nitrogen and oxygen atoms in total. The highest BCUT2D eigenvalue weighted by Crippen LogP contribution is 2.09. The number of carbonyl (C=O) groups is 2. The molecule has 1 aromatic carbocycles. The first kappa shape index (κ1) is 14.5. The standard InChI is InChI=1S/C15H14N2O4/c18-13-6-5-12(9-16-13)15(21)17-8-11-4-2-1-3-10(11)7-14(19)20/h1-6,9H,7-8H2,(H,16,18)(H,17,21)(H,19,20). The highest BCUT2D eigenvalue weighted by Gasteiger charge is 2.09. The quantitative estimate of drug-likeness (QED) is 0.761. The number of carbonyl (C=O) groups excluding carboxylic acids is 1. The Labute approximate surface area is 120 Å². The monoisotopic (exact) mass is 286 g/mol. The van der Waals surface area contributed by atoms with E-state index in [1.54, 1.807) is 24.3 Å². The fourth-order valence-corrected chi connectivity index (χ4v) is 1.89. The minimum absolute atomic E-state index is 0.0926. The van der Waals surface area contributed by atoms with Crippen LogP contribution >= 0.6 is 0 Å². The molecule has 21 heavy (non-hydrogen) atoms. The summed E-state index contributed by atoms with van der Waals surface area (Å²) < 4.78 is 0. The number of rotatable bonds is 5. The lowest BCUT2D eigenvalue weighted by molar-refractivity contribution is -0.136. The molecule has 0 atom stereocenters. The average molecular weight is 286 g/mol. The van der Waals surface area contributed by atoms with Crippen molar-refractivity contribution in [1.82, 2.24) is 10.3 Å². The number of benzene rings is 1. The molecule has 0 radical (unpaired) electrons. The minimum atomic E-state index is -0.922. The van der Waals surface area contributed by atoms with Crippen LogP contribution in [0.4, 0.5) is 0 Å². The Balaban J connectivity index is 2.06. The number of hydrogen-bond donors (Lipinski definition) is 3. The molecule has 108 valence electrons. The van der Waals surface area contributed by atoms with Gasteiger partial charge in [-0.15, -0.1) is 0 Å². The van der Waals surface area contributed by atoms with Crippen molar-refractivity contribution in [3.8, 4) is 0 Å². The Morgan fingerprint density at radius 3 is 2.43 bits per heavy atom. The summed E-state index contributed by atoms with van der Waals surface area (Å²) in [6, 6.07) is 9.73. The Bertz CT molecular complexity index is 701. The van der Waals surface area contributed by atoms with Gasteiger partial charge < -0.3 is 15.4 Å². The number of carboxylic acid groups (broad SMARTS) is 1. The highest BCUT2D eigenvalue weighted by molar-refractivity contribution is 5.93. The first-order valence-electron chi connectivity index (χ1n) is 6.32. The van der Waals surface area contributed by atoms with E-state index in [-0.39, 0.29) is 24.4 Å². The molecule has 0 aliphatic carbocycles. The fourth-order valence-electron chi connectivity index (χ4n) is 1.89. The van der Waals surface area contributed by atoms with Crippen LogP contribution in [0.2, 0.25) is 0 Å². The summed E-state index contributed by atoms with van der Waals surface area (Å²) >= 11 is 0. The van der Waals surface area contributed by atoms with Crippen molar-refractivity contribution in [2.24, 2.45) is 0 Å². The lowest BCUT2D eigenvalue weighted by atomic mass is 10.0. The van der Waals surface area contributed by atoms with E-state index in [9.17, 15) is 14.4 Å². The number of H-pyrrole nitrogens is 1. The van der Waals surface area contributed by atoms with E-state index >= 15 is 0 Å². The molecule has 0 fully saturated rings. The third-order valence-corrected chi connectivity index (χ3v) is 2.95. The number of aliphatic carboxylic acids is 1. The first-order chi connectivity index (χ1) is 10.1. The Morgan fingerprint density at radius 2 is 1.81 bits per heavy atom. The van der Waals surface area contributed by atoms with Crippen molar-refractivity contribution in [2.45, 2.75) is 13.0 Å². The van der Waals surface area contributed by atoms with Gasteiger partial charge in [0, 0.05) is 18.8 Å². The van der Waals surface area contributed by atoms with Gasteiger partial charge in [0.1, 0.15) is 0 Å². The number of pyridine rings is 1. The maximum Gasteiger partial charge on any atom is 0.307 e. The van der Waals surface area contributed by atoms with Crippen LogP contribution in [0.3, 0.4) is 0 Å². The summed E-state index contributed by atoms with van der Waals surface area (Å²) in [4.78, 5) is 36.1. The predicted molar refractivity (Wildman–Crippen MR) is 76.0 cm³/mol. The van der Waals surface area contributed by atoms with Gasteiger partial charge in [0.25, 0.3) is 5.91 Å². The van der Waals surface area contributed by atoms with E-state index in [0.29, 0.717) is 11.1 Å². The molecule has 0 spiro atoms.